The lowest BCUT2D eigenvalue weighted by molar-refractivity contribution is 0.211. The van der Waals surface area contributed by atoms with Gasteiger partial charge in [0.15, 0.2) is 0 Å². The maximum Gasteiger partial charge on any atom is 0.124 e. The second kappa shape index (κ2) is 7.36. The molecule has 1 aromatic rings. The van der Waals surface area contributed by atoms with Crippen LogP contribution in [-0.2, 0) is 6.54 Å². The molecule has 1 N–H and O–H groups in total. The van der Waals surface area contributed by atoms with E-state index >= 15 is 0 Å². The van der Waals surface area contributed by atoms with Gasteiger partial charge in [-0.1, -0.05) is 15.9 Å². The molecule has 0 atom stereocenters. The predicted molar refractivity (Wildman–Crippen MR) is 80.6 cm³/mol. The first-order valence-electron chi connectivity index (χ1n) is 6.98. The van der Waals surface area contributed by atoms with Crippen LogP contribution in [0.5, 0.6) is 0 Å². The number of hydrogen-bond donors (Lipinski definition) is 1. The molecule has 0 aromatic heterocycles. The quantitative estimate of drug-likeness (QED) is 0.833. The van der Waals surface area contributed by atoms with Gasteiger partial charge in [0.25, 0.3) is 0 Å². The maximum atomic E-state index is 13.2. The summed E-state index contributed by atoms with van der Waals surface area (Å²) in [4.78, 5) is 2.40. The zero-order valence-electron chi connectivity index (χ0n) is 11.5. The van der Waals surface area contributed by atoms with Crippen molar-refractivity contribution in [2.75, 3.05) is 26.7 Å². The number of hydrogen-bond acceptors (Lipinski definition) is 2. The fraction of sp³-hybridized carbons (Fsp3) is 0.600. The van der Waals surface area contributed by atoms with Gasteiger partial charge in [-0.25, -0.2) is 4.39 Å². The molecule has 0 unspecified atom stereocenters. The van der Waals surface area contributed by atoms with Gasteiger partial charge in [0, 0.05) is 11.0 Å². The van der Waals surface area contributed by atoms with Gasteiger partial charge in [-0.2, -0.15) is 0 Å². The Labute approximate surface area is 123 Å². The van der Waals surface area contributed by atoms with Gasteiger partial charge in [0.05, 0.1) is 0 Å². The molecule has 106 valence electrons. The molecule has 19 heavy (non-hydrogen) atoms. The lowest BCUT2D eigenvalue weighted by atomic mass is 9.94. The highest BCUT2D eigenvalue weighted by Gasteiger charge is 2.15. The molecule has 1 fully saturated rings. The van der Waals surface area contributed by atoms with E-state index in [2.05, 4.69) is 33.2 Å². The summed E-state index contributed by atoms with van der Waals surface area (Å²) in [6, 6.07) is 5.04. The van der Waals surface area contributed by atoms with Crippen molar-refractivity contribution < 1.29 is 4.39 Å². The first-order chi connectivity index (χ1) is 9.13. The lowest BCUT2D eigenvalue weighted by Gasteiger charge is -2.28. The van der Waals surface area contributed by atoms with E-state index in [1.54, 1.807) is 6.07 Å². The molecule has 4 heteroatoms. The largest absolute Gasteiger partial charge is 0.313 e. The molecule has 1 aliphatic rings. The number of halogens is 2. The minimum Gasteiger partial charge on any atom is -0.313 e. The zero-order valence-corrected chi connectivity index (χ0v) is 13.0. The fourth-order valence-corrected chi connectivity index (χ4v) is 3.12. The molecule has 1 aliphatic heterocycles. The summed E-state index contributed by atoms with van der Waals surface area (Å²) in [5, 5.41) is 3.41. The van der Waals surface area contributed by atoms with Crippen LogP contribution in [0, 0.1) is 11.7 Å². The number of benzene rings is 1. The van der Waals surface area contributed by atoms with Gasteiger partial charge >= 0.3 is 0 Å². The molecule has 0 saturated carbocycles. The van der Waals surface area contributed by atoms with Gasteiger partial charge in [-0.3, -0.25) is 0 Å². The van der Waals surface area contributed by atoms with E-state index < -0.39 is 0 Å². The molecule has 1 heterocycles. The maximum absolute atomic E-state index is 13.2. The highest BCUT2D eigenvalue weighted by atomic mass is 79.9. The minimum absolute atomic E-state index is 0.179. The Morgan fingerprint density at radius 2 is 2.05 bits per heavy atom. The highest BCUT2D eigenvalue weighted by Crippen LogP contribution is 2.19. The monoisotopic (exact) mass is 328 g/mol. The van der Waals surface area contributed by atoms with Crippen LogP contribution in [0.3, 0.4) is 0 Å². The number of nitrogens with zero attached hydrogens (tertiary/aromatic N) is 1. The minimum atomic E-state index is -0.179. The Morgan fingerprint density at radius 3 is 2.74 bits per heavy atom. The van der Waals surface area contributed by atoms with Crippen LogP contribution in [0.4, 0.5) is 4.39 Å². The molecule has 0 aliphatic carbocycles. The molecular weight excluding hydrogens is 307 g/mol. The van der Waals surface area contributed by atoms with E-state index in [4.69, 9.17) is 0 Å². The molecule has 0 radical (unpaired) electrons. The Hall–Kier alpha value is -0.450. The lowest BCUT2D eigenvalue weighted by Crippen LogP contribution is -2.31. The Morgan fingerprint density at radius 1 is 1.32 bits per heavy atom. The van der Waals surface area contributed by atoms with E-state index in [-0.39, 0.29) is 5.82 Å². The molecule has 2 nitrogen and oxygen atoms in total. The average molecular weight is 329 g/mol. The molecule has 0 spiro atoms. The molecule has 1 aromatic carbocycles. The molecule has 2 rings (SSSR count). The van der Waals surface area contributed by atoms with E-state index in [1.807, 2.05) is 6.07 Å². The van der Waals surface area contributed by atoms with Crippen LogP contribution in [0.2, 0.25) is 0 Å². The third-order valence-corrected chi connectivity index (χ3v) is 4.28. The van der Waals surface area contributed by atoms with Crippen LogP contribution in [0.15, 0.2) is 22.7 Å². The first kappa shape index (κ1) is 14.9. The van der Waals surface area contributed by atoms with Crippen molar-refractivity contribution >= 4 is 15.9 Å². The van der Waals surface area contributed by atoms with Crippen molar-refractivity contribution in [1.82, 2.24) is 10.2 Å². The number of likely N-dealkylation sites (tertiary alicyclic amines) is 1. The third kappa shape index (κ3) is 5.21. The van der Waals surface area contributed by atoms with Crippen molar-refractivity contribution in [2.24, 2.45) is 5.92 Å². The third-order valence-electron chi connectivity index (χ3n) is 3.82. The van der Waals surface area contributed by atoms with Crippen molar-refractivity contribution in [3.8, 4) is 0 Å². The van der Waals surface area contributed by atoms with E-state index in [9.17, 15) is 4.39 Å². The summed E-state index contributed by atoms with van der Waals surface area (Å²) in [5.74, 6) is 0.671. The summed E-state index contributed by atoms with van der Waals surface area (Å²) in [7, 11) is 2.19. The topological polar surface area (TPSA) is 15.3 Å². The molecular formula is C15H22BrFN2. The van der Waals surface area contributed by atoms with Crippen LogP contribution >= 0.6 is 15.9 Å². The standard InChI is InChI=1S/C15H22BrFN2/c1-19-6-3-12(4-7-19)2-5-18-11-13-8-14(16)10-15(17)9-13/h8-10,12,18H,2-7,11H2,1H3. The van der Waals surface area contributed by atoms with Gasteiger partial charge in [0.2, 0.25) is 0 Å². The average Bonchev–Trinajstić information content (AvgIpc) is 2.36. The highest BCUT2D eigenvalue weighted by molar-refractivity contribution is 9.10. The molecule has 0 amide bonds. The smallest absolute Gasteiger partial charge is 0.124 e. The normalized spacial score (nSPS) is 17.8. The summed E-state index contributed by atoms with van der Waals surface area (Å²) in [6.45, 7) is 4.20. The summed E-state index contributed by atoms with van der Waals surface area (Å²) in [6.07, 6.45) is 3.84. The Bertz CT molecular complexity index is 383. The molecule has 1 saturated heterocycles. The predicted octanol–water partition coefficient (Wildman–Crippen LogP) is 3.41. The van der Waals surface area contributed by atoms with E-state index in [0.29, 0.717) is 0 Å². The number of nitrogens with one attached hydrogen (secondary N) is 1. The SMILES string of the molecule is CN1CCC(CCNCc2cc(F)cc(Br)c2)CC1. The van der Waals surface area contributed by atoms with Gasteiger partial charge < -0.3 is 10.2 Å². The van der Waals surface area contributed by atoms with Crippen LogP contribution in [0.1, 0.15) is 24.8 Å². The Kier molecular flexibility index (Phi) is 5.79. The summed E-state index contributed by atoms with van der Waals surface area (Å²) in [5.41, 5.74) is 0.996. The van der Waals surface area contributed by atoms with Crippen molar-refractivity contribution in [2.45, 2.75) is 25.8 Å². The number of piperidine rings is 1. The Balaban J connectivity index is 1.66. The van der Waals surface area contributed by atoms with Crippen molar-refractivity contribution in [1.29, 1.82) is 0 Å². The molecule has 0 bridgehead atoms. The summed E-state index contributed by atoms with van der Waals surface area (Å²) >= 11 is 3.32. The van der Waals surface area contributed by atoms with Gasteiger partial charge in [-0.15, -0.1) is 0 Å². The number of rotatable bonds is 5. The first-order valence-corrected chi connectivity index (χ1v) is 7.77. The van der Waals surface area contributed by atoms with Crippen LogP contribution in [-0.4, -0.2) is 31.6 Å². The zero-order chi connectivity index (χ0) is 13.7. The van der Waals surface area contributed by atoms with E-state index in [0.717, 1.165) is 29.0 Å². The fourth-order valence-electron chi connectivity index (χ4n) is 2.60. The van der Waals surface area contributed by atoms with Crippen molar-refractivity contribution in [3.05, 3.63) is 34.1 Å². The van der Waals surface area contributed by atoms with Crippen molar-refractivity contribution in [3.63, 3.8) is 0 Å². The van der Waals surface area contributed by atoms with Gasteiger partial charge in [0.1, 0.15) is 5.82 Å². The van der Waals surface area contributed by atoms with E-state index in [1.165, 1.54) is 38.4 Å². The van der Waals surface area contributed by atoms with Gasteiger partial charge in [-0.05, 0) is 75.6 Å². The van der Waals surface area contributed by atoms with Crippen LogP contribution < -0.4 is 5.32 Å². The van der Waals surface area contributed by atoms with Crippen LogP contribution in [0.25, 0.3) is 0 Å². The second-order valence-electron chi connectivity index (χ2n) is 5.49. The summed E-state index contributed by atoms with van der Waals surface area (Å²) < 4.78 is 14.0. The second-order valence-corrected chi connectivity index (χ2v) is 6.41.